The highest BCUT2D eigenvalue weighted by Crippen LogP contribution is 2.59. The summed E-state index contributed by atoms with van der Waals surface area (Å²) in [4.78, 5) is 14.9. The number of nitrogens with zero attached hydrogens (tertiary/aromatic N) is 3. The first-order chi connectivity index (χ1) is 67.2. The number of aromatic nitrogens is 3. The Balaban J connectivity index is 0.000000107. The predicted octanol–water partition coefficient (Wildman–Crippen LogP) is 35.3. The summed E-state index contributed by atoms with van der Waals surface area (Å²) < 4.78 is 39.3. The van der Waals surface area contributed by atoms with Crippen molar-refractivity contribution in [1.29, 1.82) is 0 Å². The van der Waals surface area contributed by atoms with Crippen molar-refractivity contribution >= 4 is 120 Å². The SMILES string of the molecule is CC1(C)c2cc(-c3c4ccccc4c(-c4cccc5ccccc45)c4ccccc34)ccc2Oc2c1ccc1c2oc2ccccc21.CC1(C)c2cc(-c3c4ccccc4c(-c4ccccc4)c4ccccc34)ccc2Oc2c1ccc1c2oc2ccccc21.CC1(C)c2ccc(-c3nc(-c4ccccc4)nc(-c4ccc(-c5ccccc5)cc4)n3)cc2Oc2c1ccc1c2oc2ccccc21. The summed E-state index contributed by atoms with van der Waals surface area (Å²) in [5, 5.41) is 19.0. The Morgan fingerprint density at radius 3 is 0.905 bits per heavy atom. The van der Waals surface area contributed by atoms with Crippen molar-refractivity contribution in [2.24, 2.45) is 0 Å². The second-order valence-corrected chi connectivity index (χ2v) is 37.8. The van der Waals surface area contributed by atoms with Gasteiger partial charge in [0, 0.05) is 98.6 Å². The van der Waals surface area contributed by atoms with Gasteiger partial charge >= 0.3 is 0 Å². The minimum Gasteiger partial charge on any atom is -0.453 e. The van der Waals surface area contributed by atoms with Crippen molar-refractivity contribution in [3.63, 3.8) is 0 Å². The zero-order chi connectivity index (χ0) is 91.5. The van der Waals surface area contributed by atoms with E-state index in [1.165, 1.54) is 115 Å². The van der Waals surface area contributed by atoms with Crippen LogP contribution < -0.4 is 14.2 Å². The number of ether oxygens (including phenoxy) is 3. The average Bonchev–Trinajstić information content (AvgIpc) is 1.53. The standard InChI is InChI=1S/C45H30O2.C42H29N3O2.C41H28O2/c1-45(2)37-24-23-36-30-15-9-10-21-39(30)46-43(36)44(37)47-40-25-22-28(26-38(40)45)41-32-16-5-7-18-34(32)42(35-19-8-6-17-33(35)41)31-20-11-13-27-12-3-4-14-29(27)31;1-42(2)33-23-21-30(25-36(33)47-38-34(42)24-22-32-31-15-9-10-16-35(31)46-37(32)38)41-44-39(28-13-7-4-8-14-28)43-40(45-41)29-19-17-27(18-20-29)26-11-5-3-6-12-26;1-41(2)33-22-21-32-27-14-10-11-19-35(27)42-39(32)40(33)43-36-23-20-26(24-34(36)41)38-30-17-8-6-15-28(30)37(25-12-4-3-5-13-25)29-16-7-9-18-31(29)38/h3-26H,1-2H3;3-25H,1-2H3;3-24H,1-2H3. The number of rotatable bonds is 8. The maximum absolute atomic E-state index is 6.75. The van der Waals surface area contributed by atoms with Gasteiger partial charge in [-0.25, -0.2) is 15.0 Å². The lowest BCUT2D eigenvalue weighted by molar-refractivity contribution is 0.415. The molecule has 4 aromatic heterocycles. The second kappa shape index (κ2) is 31.5. The molecule has 21 aromatic carbocycles. The molecule has 0 radical (unpaired) electrons. The summed E-state index contributed by atoms with van der Waals surface area (Å²) in [7, 11) is 0. The smallest absolute Gasteiger partial charge is 0.178 e. The van der Waals surface area contributed by atoms with Crippen LogP contribution in [0.3, 0.4) is 0 Å². The molecule has 650 valence electrons. The minimum atomic E-state index is -0.311. The van der Waals surface area contributed by atoms with E-state index >= 15 is 0 Å². The molecule has 0 saturated heterocycles. The minimum absolute atomic E-state index is 0.290. The van der Waals surface area contributed by atoms with Crippen LogP contribution in [0.4, 0.5) is 0 Å². The van der Waals surface area contributed by atoms with Gasteiger partial charge in [0.15, 0.2) is 51.5 Å². The van der Waals surface area contributed by atoms with Crippen molar-refractivity contribution in [3.8, 4) is 124 Å². The molecule has 0 spiro atoms. The zero-order valence-electron chi connectivity index (χ0n) is 76.1. The second-order valence-electron chi connectivity index (χ2n) is 37.8. The topological polar surface area (TPSA) is 106 Å². The highest BCUT2D eigenvalue weighted by molar-refractivity contribution is 6.25. The molecule has 3 aliphatic rings. The molecule has 7 heterocycles. The van der Waals surface area contributed by atoms with Crippen molar-refractivity contribution in [3.05, 3.63) is 452 Å². The van der Waals surface area contributed by atoms with E-state index in [-0.39, 0.29) is 16.2 Å². The largest absolute Gasteiger partial charge is 0.453 e. The molecular weight excluding hydrogens is 1680 g/mol. The molecule has 3 aliphatic heterocycles. The molecule has 137 heavy (non-hydrogen) atoms. The Labute approximate surface area is 790 Å². The summed E-state index contributed by atoms with van der Waals surface area (Å²) in [6.45, 7) is 13.6. The van der Waals surface area contributed by atoms with E-state index in [4.69, 9.17) is 42.4 Å². The van der Waals surface area contributed by atoms with E-state index in [0.717, 1.165) is 145 Å². The van der Waals surface area contributed by atoms with Crippen LogP contribution in [-0.4, -0.2) is 15.0 Å². The summed E-state index contributed by atoms with van der Waals surface area (Å²) in [6.07, 6.45) is 0. The molecule has 0 saturated carbocycles. The highest BCUT2D eigenvalue weighted by Gasteiger charge is 2.41. The molecule has 9 nitrogen and oxygen atoms in total. The molecule has 0 unspecified atom stereocenters. The molecule has 0 fully saturated rings. The van der Waals surface area contributed by atoms with Gasteiger partial charge in [-0.3, -0.25) is 0 Å². The third-order valence-corrected chi connectivity index (χ3v) is 28.9. The van der Waals surface area contributed by atoms with E-state index in [1.54, 1.807) is 0 Å². The molecular formula is C128H87N3O6. The van der Waals surface area contributed by atoms with Gasteiger partial charge < -0.3 is 27.5 Å². The fourth-order valence-corrected chi connectivity index (χ4v) is 21.9. The summed E-state index contributed by atoms with van der Waals surface area (Å²) >= 11 is 0. The summed E-state index contributed by atoms with van der Waals surface area (Å²) in [5.41, 5.74) is 25.8. The van der Waals surface area contributed by atoms with Crippen molar-refractivity contribution in [2.75, 3.05) is 0 Å². The maximum Gasteiger partial charge on any atom is 0.178 e. The number of hydrogen-bond donors (Lipinski definition) is 0. The fourth-order valence-electron chi connectivity index (χ4n) is 21.9. The quantitative estimate of drug-likeness (QED) is 0.138. The van der Waals surface area contributed by atoms with Crippen LogP contribution in [0.1, 0.15) is 74.9 Å². The van der Waals surface area contributed by atoms with Crippen LogP contribution in [0.25, 0.3) is 209 Å². The van der Waals surface area contributed by atoms with Crippen LogP contribution in [0.15, 0.2) is 432 Å². The van der Waals surface area contributed by atoms with E-state index in [2.05, 4.69) is 375 Å². The third kappa shape index (κ3) is 13.0. The Morgan fingerprint density at radius 1 is 0.182 bits per heavy atom. The number of fused-ring (bicyclic) bond motifs is 23. The number of para-hydroxylation sites is 3. The van der Waals surface area contributed by atoms with Crippen LogP contribution in [0.2, 0.25) is 0 Å². The number of hydrogen-bond acceptors (Lipinski definition) is 9. The molecule has 0 amide bonds. The fraction of sp³-hybridized carbons (Fsp3) is 0.0703. The van der Waals surface area contributed by atoms with Gasteiger partial charge in [-0.2, -0.15) is 0 Å². The van der Waals surface area contributed by atoms with Gasteiger partial charge in [-0.1, -0.05) is 393 Å². The van der Waals surface area contributed by atoms with Gasteiger partial charge in [0.1, 0.15) is 34.0 Å². The van der Waals surface area contributed by atoms with Gasteiger partial charge in [0.2, 0.25) is 0 Å². The lowest BCUT2D eigenvalue weighted by Gasteiger charge is -2.35. The number of furan rings is 3. The lowest BCUT2D eigenvalue weighted by Crippen LogP contribution is -2.24. The predicted molar refractivity (Wildman–Crippen MR) is 561 cm³/mol. The normalized spacial score (nSPS) is 13.5. The van der Waals surface area contributed by atoms with Crippen molar-refractivity contribution in [1.82, 2.24) is 15.0 Å². The zero-order valence-corrected chi connectivity index (χ0v) is 76.1. The van der Waals surface area contributed by atoms with Crippen molar-refractivity contribution in [2.45, 2.75) is 57.8 Å². The van der Waals surface area contributed by atoms with E-state index in [9.17, 15) is 0 Å². The van der Waals surface area contributed by atoms with Gasteiger partial charge in [-0.05, 0) is 176 Å². The first kappa shape index (κ1) is 80.6. The van der Waals surface area contributed by atoms with Gasteiger partial charge in [0.05, 0.1) is 0 Å². The van der Waals surface area contributed by atoms with E-state index in [0.29, 0.717) is 17.5 Å². The first-order valence-corrected chi connectivity index (χ1v) is 46.9. The monoisotopic (exact) mass is 1760 g/mol. The van der Waals surface area contributed by atoms with Crippen LogP contribution >= 0.6 is 0 Å². The molecule has 0 atom stereocenters. The molecule has 28 rings (SSSR count). The maximum atomic E-state index is 6.75. The Morgan fingerprint density at radius 2 is 0.474 bits per heavy atom. The van der Waals surface area contributed by atoms with Gasteiger partial charge in [0.25, 0.3) is 0 Å². The Bertz CT molecular complexity index is 9170. The molecule has 0 aliphatic carbocycles. The van der Waals surface area contributed by atoms with E-state index < -0.39 is 0 Å². The molecule has 9 heteroatoms. The van der Waals surface area contributed by atoms with Crippen LogP contribution in [0.5, 0.6) is 34.5 Å². The Hall–Kier alpha value is -17.3. The third-order valence-electron chi connectivity index (χ3n) is 28.9. The first-order valence-electron chi connectivity index (χ1n) is 46.9. The highest BCUT2D eigenvalue weighted by atomic mass is 16.5. The molecule has 0 N–H and O–H groups in total. The van der Waals surface area contributed by atoms with Gasteiger partial charge in [-0.15, -0.1) is 0 Å². The summed E-state index contributed by atoms with van der Waals surface area (Å²) in [5.74, 6) is 6.73. The Kier molecular flexibility index (Phi) is 18.5. The number of benzene rings is 21. The molecule has 0 bridgehead atoms. The lowest BCUT2D eigenvalue weighted by atomic mass is 9.74. The van der Waals surface area contributed by atoms with Crippen LogP contribution in [0, 0.1) is 0 Å². The average molecular weight is 1760 g/mol. The van der Waals surface area contributed by atoms with Crippen LogP contribution in [-0.2, 0) is 16.2 Å². The van der Waals surface area contributed by atoms with Crippen molar-refractivity contribution < 1.29 is 27.5 Å². The van der Waals surface area contributed by atoms with E-state index in [1.807, 2.05) is 84.9 Å². The summed E-state index contributed by atoms with van der Waals surface area (Å²) in [6, 6.07) is 148. The molecule has 25 aromatic rings.